The van der Waals surface area contributed by atoms with Gasteiger partial charge in [-0.1, -0.05) is 13.8 Å². The zero-order valence-corrected chi connectivity index (χ0v) is 11.6. The van der Waals surface area contributed by atoms with Crippen LogP contribution in [0.25, 0.3) is 0 Å². The van der Waals surface area contributed by atoms with E-state index >= 15 is 0 Å². The first-order valence-corrected chi connectivity index (χ1v) is 7.80. The van der Waals surface area contributed by atoms with Crippen molar-refractivity contribution in [3.8, 4) is 0 Å². The van der Waals surface area contributed by atoms with Crippen LogP contribution in [0.1, 0.15) is 33.1 Å². The molecule has 2 aliphatic rings. The van der Waals surface area contributed by atoms with Crippen molar-refractivity contribution in [1.29, 1.82) is 0 Å². The molecule has 2 atom stereocenters. The van der Waals surface area contributed by atoms with Gasteiger partial charge in [0.05, 0.1) is 0 Å². The predicted octanol–water partition coefficient (Wildman–Crippen LogP) is 2.19. The number of likely N-dealkylation sites (tertiary alicyclic amines) is 1. The monoisotopic (exact) mass is 242 g/mol. The number of piperidine rings is 1. The quantitative estimate of drug-likeness (QED) is 0.822. The van der Waals surface area contributed by atoms with Gasteiger partial charge >= 0.3 is 0 Å². The maximum atomic E-state index is 6.00. The third kappa shape index (κ3) is 2.93. The summed E-state index contributed by atoms with van der Waals surface area (Å²) in [6.07, 6.45) is 4.05. The van der Waals surface area contributed by atoms with Gasteiger partial charge in [0.1, 0.15) is 0 Å². The van der Waals surface area contributed by atoms with Crippen LogP contribution in [0.15, 0.2) is 0 Å². The summed E-state index contributed by atoms with van der Waals surface area (Å²) in [5, 5.41) is 0. The summed E-state index contributed by atoms with van der Waals surface area (Å²) in [7, 11) is 0. The lowest BCUT2D eigenvalue weighted by atomic mass is 9.81. The van der Waals surface area contributed by atoms with Crippen molar-refractivity contribution in [2.24, 2.45) is 17.1 Å². The second-order valence-electron chi connectivity index (χ2n) is 6.13. The summed E-state index contributed by atoms with van der Waals surface area (Å²) in [6.45, 7) is 8.16. The Hall–Kier alpha value is 0.270. The number of hydrogen-bond acceptors (Lipinski definition) is 3. The summed E-state index contributed by atoms with van der Waals surface area (Å²) in [4.78, 5) is 2.67. The molecule has 0 aromatic rings. The molecular formula is C13H26N2S. The smallest absolute Gasteiger partial charge is 0.0254 e. The van der Waals surface area contributed by atoms with E-state index in [-0.39, 0.29) is 0 Å². The van der Waals surface area contributed by atoms with Crippen molar-refractivity contribution in [2.45, 2.75) is 39.2 Å². The molecule has 16 heavy (non-hydrogen) atoms. The van der Waals surface area contributed by atoms with Gasteiger partial charge in [-0.2, -0.15) is 11.8 Å². The summed E-state index contributed by atoms with van der Waals surface area (Å²) >= 11 is 2.11. The van der Waals surface area contributed by atoms with Gasteiger partial charge in [0.25, 0.3) is 0 Å². The zero-order valence-electron chi connectivity index (χ0n) is 10.7. The van der Waals surface area contributed by atoms with Crippen molar-refractivity contribution < 1.29 is 0 Å². The molecule has 0 aromatic carbocycles. The van der Waals surface area contributed by atoms with E-state index in [4.69, 9.17) is 5.73 Å². The van der Waals surface area contributed by atoms with Gasteiger partial charge in [0.15, 0.2) is 0 Å². The minimum atomic E-state index is 0.556. The fourth-order valence-corrected chi connectivity index (χ4v) is 4.28. The summed E-state index contributed by atoms with van der Waals surface area (Å²) in [5.41, 5.74) is 6.56. The highest BCUT2D eigenvalue weighted by Gasteiger charge is 2.33. The lowest BCUT2D eigenvalue weighted by Gasteiger charge is -2.42. The SMILES string of the molecule is CC1(C)CCN(C(CN)C2CCSC2)CC1. The normalized spacial score (nSPS) is 32.8. The van der Waals surface area contributed by atoms with Crippen LogP contribution in [0.5, 0.6) is 0 Å². The Morgan fingerprint density at radius 3 is 2.56 bits per heavy atom. The van der Waals surface area contributed by atoms with E-state index in [1.165, 1.54) is 43.9 Å². The van der Waals surface area contributed by atoms with Crippen LogP contribution in [0, 0.1) is 11.3 Å². The second-order valence-corrected chi connectivity index (χ2v) is 7.28. The van der Waals surface area contributed by atoms with Crippen LogP contribution in [0.2, 0.25) is 0 Å². The Morgan fingerprint density at radius 1 is 1.38 bits per heavy atom. The van der Waals surface area contributed by atoms with Gasteiger partial charge in [-0.3, -0.25) is 4.90 Å². The largest absolute Gasteiger partial charge is 0.329 e. The Kier molecular flexibility index (Phi) is 4.20. The van der Waals surface area contributed by atoms with Crippen molar-refractivity contribution in [3.05, 3.63) is 0 Å². The Balaban J connectivity index is 1.90. The van der Waals surface area contributed by atoms with E-state index in [0.29, 0.717) is 11.5 Å². The maximum Gasteiger partial charge on any atom is 0.0254 e. The molecule has 2 N–H and O–H groups in total. The predicted molar refractivity (Wildman–Crippen MR) is 72.9 cm³/mol. The average molecular weight is 242 g/mol. The van der Waals surface area contributed by atoms with Gasteiger partial charge in [-0.05, 0) is 55.2 Å². The Morgan fingerprint density at radius 2 is 2.06 bits per heavy atom. The lowest BCUT2D eigenvalue weighted by Crippen LogP contribution is -2.50. The molecule has 0 spiro atoms. The molecule has 2 unspecified atom stereocenters. The highest BCUT2D eigenvalue weighted by molar-refractivity contribution is 7.99. The van der Waals surface area contributed by atoms with E-state index in [0.717, 1.165) is 12.5 Å². The number of thioether (sulfide) groups is 1. The van der Waals surface area contributed by atoms with E-state index in [1.807, 2.05) is 0 Å². The molecule has 2 fully saturated rings. The average Bonchev–Trinajstić information content (AvgIpc) is 2.75. The molecule has 2 aliphatic heterocycles. The molecule has 0 saturated carbocycles. The fourth-order valence-electron chi connectivity index (χ4n) is 2.96. The Labute approximate surface area is 104 Å². The van der Waals surface area contributed by atoms with Crippen LogP contribution in [0.3, 0.4) is 0 Å². The van der Waals surface area contributed by atoms with Gasteiger partial charge in [-0.25, -0.2) is 0 Å². The lowest BCUT2D eigenvalue weighted by molar-refractivity contribution is 0.0748. The van der Waals surface area contributed by atoms with Crippen LogP contribution in [-0.2, 0) is 0 Å². The molecule has 2 heterocycles. The van der Waals surface area contributed by atoms with Gasteiger partial charge in [-0.15, -0.1) is 0 Å². The third-order valence-corrected chi connectivity index (χ3v) is 5.56. The molecule has 2 rings (SSSR count). The number of nitrogens with zero attached hydrogens (tertiary/aromatic N) is 1. The van der Waals surface area contributed by atoms with E-state index in [2.05, 4.69) is 30.5 Å². The summed E-state index contributed by atoms with van der Waals surface area (Å²) in [6, 6.07) is 0.658. The summed E-state index contributed by atoms with van der Waals surface area (Å²) < 4.78 is 0. The first-order chi connectivity index (χ1) is 7.62. The first-order valence-electron chi connectivity index (χ1n) is 6.64. The van der Waals surface area contributed by atoms with Gasteiger partial charge in [0, 0.05) is 12.6 Å². The molecule has 0 radical (unpaired) electrons. The molecule has 0 amide bonds. The molecule has 2 nitrogen and oxygen atoms in total. The van der Waals surface area contributed by atoms with Crippen LogP contribution < -0.4 is 5.73 Å². The molecule has 3 heteroatoms. The van der Waals surface area contributed by atoms with Crippen LogP contribution in [0.4, 0.5) is 0 Å². The molecule has 0 aliphatic carbocycles. The first kappa shape index (κ1) is 12.7. The summed E-state index contributed by atoms with van der Waals surface area (Å²) in [5.74, 6) is 3.54. The van der Waals surface area contributed by atoms with Crippen molar-refractivity contribution in [1.82, 2.24) is 4.90 Å². The van der Waals surface area contributed by atoms with Crippen LogP contribution in [-0.4, -0.2) is 42.1 Å². The van der Waals surface area contributed by atoms with Crippen LogP contribution >= 0.6 is 11.8 Å². The van der Waals surface area contributed by atoms with Crippen molar-refractivity contribution in [3.63, 3.8) is 0 Å². The van der Waals surface area contributed by atoms with Crippen molar-refractivity contribution in [2.75, 3.05) is 31.1 Å². The second kappa shape index (κ2) is 5.28. The molecule has 0 bridgehead atoms. The maximum absolute atomic E-state index is 6.00. The minimum absolute atomic E-state index is 0.556. The standard InChI is InChI=1S/C13H26N2S/c1-13(2)4-6-15(7-5-13)12(9-14)11-3-8-16-10-11/h11-12H,3-10,14H2,1-2H3. The van der Waals surface area contributed by atoms with E-state index in [1.54, 1.807) is 0 Å². The highest BCUT2D eigenvalue weighted by atomic mass is 32.2. The van der Waals surface area contributed by atoms with E-state index in [9.17, 15) is 0 Å². The molecule has 2 saturated heterocycles. The minimum Gasteiger partial charge on any atom is -0.329 e. The highest BCUT2D eigenvalue weighted by Crippen LogP contribution is 2.34. The number of rotatable bonds is 3. The molecular weight excluding hydrogens is 216 g/mol. The topological polar surface area (TPSA) is 29.3 Å². The molecule has 94 valence electrons. The molecule has 0 aromatic heterocycles. The zero-order chi connectivity index (χ0) is 11.6. The van der Waals surface area contributed by atoms with Crippen molar-refractivity contribution >= 4 is 11.8 Å². The van der Waals surface area contributed by atoms with E-state index < -0.39 is 0 Å². The Bertz CT molecular complexity index is 214. The fraction of sp³-hybridized carbons (Fsp3) is 1.00. The van der Waals surface area contributed by atoms with Gasteiger partial charge in [0.2, 0.25) is 0 Å². The third-order valence-electron chi connectivity index (χ3n) is 4.37. The number of nitrogens with two attached hydrogens (primary N) is 1. The number of hydrogen-bond donors (Lipinski definition) is 1. The van der Waals surface area contributed by atoms with Gasteiger partial charge < -0.3 is 5.73 Å².